The van der Waals surface area contributed by atoms with E-state index in [0.717, 1.165) is 55.8 Å². The molecular weight excluding hydrogens is 1350 g/mol. The van der Waals surface area contributed by atoms with Crippen LogP contribution in [0, 0.1) is 22.7 Å². The van der Waals surface area contributed by atoms with Gasteiger partial charge in [0.1, 0.15) is 47.5 Å². The van der Waals surface area contributed by atoms with Crippen molar-refractivity contribution >= 4 is 109 Å². The van der Waals surface area contributed by atoms with Crippen LogP contribution in [-0.2, 0) is 71.1 Å². The lowest BCUT2D eigenvalue weighted by Crippen LogP contribution is -2.59. The number of carbonyl (C=O) groups excluding carboxylic acids is 8. The molecule has 4 saturated carbocycles. The first-order valence-electron chi connectivity index (χ1n) is 29.2. The van der Waals surface area contributed by atoms with E-state index in [1.54, 1.807) is 78.0 Å². The van der Waals surface area contributed by atoms with Crippen LogP contribution in [-0.4, -0.2) is 166 Å². The molecule has 4 aliphatic carbocycles. The van der Waals surface area contributed by atoms with Crippen LogP contribution < -0.4 is 21.3 Å². The normalized spacial score (nSPS) is 25.7. The second kappa shape index (κ2) is 29.7. The molecule has 5 N–H and O–H groups in total. The van der Waals surface area contributed by atoms with Crippen molar-refractivity contribution in [3.05, 3.63) is 82.8 Å². The lowest BCUT2D eigenvalue weighted by molar-refractivity contribution is -0.149. The highest BCUT2D eigenvalue weighted by molar-refractivity contribution is 9.10. The first-order chi connectivity index (χ1) is 41.5. The number of ether oxygens (including phenoxy) is 4. The number of nitrogens with zero attached hydrogens (tertiary/aromatic N) is 2. The Balaban J connectivity index is 0.000000247. The Hall–Kier alpha value is -5.65. The Labute approximate surface area is 541 Å². The van der Waals surface area contributed by atoms with Crippen molar-refractivity contribution in [1.29, 1.82) is 0 Å². The minimum atomic E-state index is -4.26. The van der Waals surface area contributed by atoms with Crippen molar-refractivity contribution in [1.82, 2.24) is 31.1 Å². The van der Waals surface area contributed by atoms with Gasteiger partial charge in [0.15, 0.2) is 0 Å². The van der Waals surface area contributed by atoms with Gasteiger partial charge in [-0.05, 0) is 124 Å². The van der Waals surface area contributed by atoms with Crippen LogP contribution in [0.3, 0.4) is 0 Å². The fourth-order valence-electron chi connectivity index (χ4n) is 11.3. The number of benzene rings is 2. The Morgan fingerprint density at radius 3 is 1.34 bits per heavy atom. The van der Waals surface area contributed by atoms with Crippen molar-refractivity contribution < 1.29 is 83.4 Å². The summed E-state index contributed by atoms with van der Waals surface area (Å²) in [4.78, 5) is 108. The number of amides is 6. The monoisotopic (exact) mass is 1430 g/mol. The third-order valence-electron chi connectivity index (χ3n) is 16.5. The molecular formula is C60H81Br2ClN6O18S2. The van der Waals surface area contributed by atoms with Crippen LogP contribution in [0.2, 0.25) is 0 Å². The van der Waals surface area contributed by atoms with E-state index in [-0.39, 0.29) is 66.2 Å². The van der Waals surface area contributed by atoms with Crippen LogP contribution in [0.15, 0.2) is 92.6 Å². The molecule has 6 fully saturated rings. The average Bonchev–Trinajstić information content (AvgIpc) is 1.71. The standard InChI is InChI=1S/C30H40BrN3O9S.C24H37N3O7.C6H4BrClO2S/c1-6-18-16-30(18,27(37)41-5)33-25(35)23-15-21(43-44(39,40)22-13-11-19(31)12-14-22)17-34(23)26(36)24(29(2,3)4)32-28(38)42-20-9-7-8-10-20;1-6-14-12-24(14,21(31)33-5)26-19(29)17-11-15(28)13-27(17)20(30)18(23(2,3)4)25-22(32)34-16-9-7-8-10-16;7-5-1-3-6(4-2-5)11(8,9)10/h6,11-14,18,20-21,23-24H,1,7-10,15-17H2,2-5H3,(H,32,38)(H,33,35);6,14-18,28H,1,7-13H2,2-5H3,(H,25,32)(H,26,29);1-4H/t18?,21-,23?,24+,30+;14?,15-,17-,18+,24+;/m00./s1. The average molecular weight is 1430 g/mol. The summed E-state index contributed by atoms with van der Waals surface area (Å²) in [7, 11) is -0.307. The summed E-state index contributed by atoms with van der Waals surface area (Å²) < 4.78 is 75.4. The summed E-state index contributed by atoms with van der Waals surface area (Å²) in [6, 6.07) is 7.68. The summed E-state index contributed by atoms with van der Waals surface area (Å²) >= 11 is 6.44. The Kier molecular flexibility index (Phi) is 24.2. The molecule has 89 heavy (non-hydrogen) atoms. The first-order valence-corrected chi connectivity index (χ1v) is 34.5. The van der Waals surface area contributed by atoms with Crippen LogP contribution in [0.5, 0.6) is 0 Å². The Morgan fingerprint density at radius 1 is 0.618 bits per heavy atom. The topological polar surface area (TPSA) is 326 Å². The highest BCUT2D eigenvalue weighted by Crippen LogP contribution is 2.47. The predicted octanol–water partition coefficient (Wildman–Crippen LogP) is 7.08. The molecule has 0 spiro atoms. The van der Waals surface area contributed by atoms with E-state index in [9.17, 15) is 60.3 Å². The molecule has 2 aromatic carbocycles. The van der Waals surface area contributed by atoms with Gasteiger partial charge in [0.05, 0.1) is 36.2 Å². The fraction of sp³-hybridized carbons (Fsp3) is 0.600. The number of alkyl carbamates (subject to hydrolysis) is 2. The molecule has 492 valence electrons. The summed E-state index contributed by atoms with van der Waals surface area (Å²) in [6.07, 6.45) is 6.81. The number of halogens is 3. The second-order valence-electron chi connectivity index (χ2n) is 25.2. The number of aliphatic hydroxyl groups is 1. The number of likely N-dealkylation sites (tertiary alicyclic amines) is 2. The van der Waals surface area contributed by atoms with E-state index in [1.807, 2.05) is 0 Å². The minimum Gasteiger partial charge on any atom is -0.467 e. The van der Waals surface area contributed by atoms with Gasteiger partial charge in [0.25, 0.3) is 19.2 Å². The highest BCUT2D eigenvalue weighted by Gasteiger charge is 2.63. The zero-order chi connectivity index (χ0) is 66.2. The van der Waals surface area contributed by atoms with Gasteiger partial charge in [-0.15, -0.1) is 13.2 Å². The molecule has 0 aromatic heterocycles. The summed E-state index contributed by atoms with van der Waals surface area (Å²) in [5.41, 5.74) is -4.04. The molecule has 0 radical (unpaired) electrons. The molecule has 29 heteroatoms. The van der Waals surface area contributed by atoms with Gasteiger partial charge in [-0.25, -0.2) is 27.6 Å². The number of nitrogens with one attached hydrogen (secondary N) is 4. The number of hydrogen-bond acceptors (Lipinski definition) is 18. The lowest BCUT2D eigenvalue weighted by Gasteiger charge is -2.35. The zero-order valence-electron chi connectivity index (χ0n) is 51.1. The third-order valence-corrected chi connectivity index (χ3v) is 20.3. The third kappa shape index (κ3) is 18.5. The molecule has 10 atom stereocenters. The minimum absolute atomic E-state index is 0.0248. The Bertz CT molecular complexity index is 3190. The SMILES string of the molecule is C=CC1C[C@]1(NC(=O)C1C[C@H](OS(=O)(=O)c2ccc(Br)cc2)CN1C(=O)[C@@H](NC(=O)OC1CCCC1)C(C)(C)C)C(=O)OC.C=CC1C[C@]1(NC(=O)[C@@H]1C[C@H](O)CN1C(=O)[C@@H](NC(=O)OC1CCCC1)C(C)(C)C)C(=O)OC.O=S(=O)(Cl)c1ccc(Br)cc1. The molecule has 2 saturated heterocycles. The number of methoxy groups -OCH3 is 2. The largest absolute Gasteiger partial charge is 0.467 e. The van der Waals surface area contributed by atoms with Crippen LogP contribution in [0.4, 0.5) is 9.59 Å². The van der Waals surface area contributed by atoms with Gasteiger partial charge >= 0.3 is 24.1 Å². The number of β-amino-alcohol motifs (C(OH)–C–C–N with tert-alkyl or cyclic N) is 1. The number of carbonyl (C=O) groups is 8. The Morgan fingerprint density at radius 2 is 0.989 bits per heavy atom. The molecule has 8 rings (SSSR count). The van der Waals surface area contributed by atoms with E-state index in [0.29, 0.717) is 10.9 Å². The maximum atomic E-state index is 14.1. The highest BCUT2D eigenvalue weighted by atomic mass is 79.9. The number of aliphatic hydroxyl groups excluding tert-OH is 1. The molecule has 2 aliphatic heterocycles. The second-order valence-corrected chi connectivity index (χ2v) is 31.1. The van der Waals surface area contributed by atoms with Crippen LogP contribution in [0.1, 0.15) is 119 Å². The summed E-state index contributed by atoms with van der Waals surface area (Å²) in [5.74, 6) is -4.21. The van der Waals surface area contributed by atoms with Gasteiger partial charge in [0, 0.05) is 57.4 Å². The van der Waals surface area contributed by atoms with Crippen LogP contribution >= 0.6 is 42.5 Å². The number of esters is 2. The van der Waals surface area contributed by atoms with Gasteiger partial charge < -0.3 is 55.1 Å². The predicted molar refractivity (Wildman–Crippen MR) is 332 cm³/mol. The fourth-order valence-corrected chi connectivity index (χ4v) is 13.7. The molecule has 6 amide bonds. The number of hydrogen-bond donors (Lipinski definition) is 5. The molecule has 0 bridgehead atoms. The van der Waals surface area contributed by atoms with E-state index >= 15 is 0 Å². The van der Waals surface area contributed by atoms with Crippen molar-refractivity contribution in [2.75, 3.05) is 27.3 Å². The van der Waals surface area contributed by atoms with Crippen molar-refractivity contribution in [2.24, 2.45) is 22.7 Å². The van der Waals surface area contributed by atoms with Crippen LogP contribution in [0.25, 0.3) is 0 Å². The zero-order valence-corrected chi connectivity index (χ0v) is 56.7. The van der Waals surface area contributed by atoms with Crippen molar-refractivity contribution in [3.8, 4) is 0 Å². The lowest BCUT2D eigenvalue weighted by atomic mass is 9.85. The van der Waals surface area contributed by atoms with Crippen molar-refractivity contribution in [2.45, 2.75) is 188 Å². The molecule has 2 aromatic rings. The van der Waals surface area contributed by atoms with Gasteiger partial charge in [0.2, 0.25) is 23.6 Å². The quantitative estimate of drug-likeness (QED) is 0.0327. The first kappa shape index (κ1) is 72.4. The summed E-state index contributed by atoms with van der Waals surface area (Å²) in [5, 5.41) is 21.1. The smallest absolute Gasteiger partial charge is 0.408 e. The van der Waals surface area contributed by atoms with Gasteiger partial charge in [-0.2, -0.15) is 8.42 Å². The maximum absolute atomic E-state index is 14.1. The van der Waals surface area contributed by atoms with E-state index in [4.69, 9.17) is 33.8 Å². The molecule has 3 unspecified atom stereocenters. The molecule has 6 aliphatic rings. The van der Waals surface area contributed by atoms with E-state index in [1.165, 1.54) is 48.3 Å². The number of rotatable bonds is 18. The molecule has 2 heterocycles. The van der Waals surface area contributed by atoms with E-state index < -0.39 is 125 Å². The summed E-state index contributed by atoms with van der Waals surface area (Å²) in [6.45, 7) is 17.8. The molecule has 24 nitrogen and oxygen atoms in total. The van der Waals surface area contributed by atoms with Gasteiger partial charge in [-0.1, -0.05) is 85.6 Å². The van der Waals surface area contributed by atoms with Gasteiger partial charge in [-0.3, -0.25) is 23.4 Å². The van der Waals surface area contributed by atoms with Crippen molar-refractivity contribution in [3.63, 3.8) is 0 Å². The maximum Gasteiger partial charge on any atom is 0.408 e. The van der Waals surface area contributed by atoms with E-state index in [2.05, 4.69) is 66.3 Å².